The first-order valence-corrected chi connectivity index (χ1v) is 10.2. The van der Waals surface area contributed by atoms with E-state index in [1.165, 1.54) is 0 Å². The van der Waals surface area contributed by atoms with E-state index in [2.05, 4.69) is 26.1 Å². The Bertz CT molecular complexity index is 275. The molecule has 0 fully saturated rings. The third-order valence-corrected chi connectivity index (χ3v) is 3.27. The lowest BCUT2D eigenvalue weighted by molar-refractivity contribution is -0.126. The Balaban J connectivity index is 0. The van der Waals surface area contributed by atoms with Crippen LogP contribution in [0.4, 0.5) is 0 Å². The molecule has 0 saturated heterocycles. The number of carbonyl (C=O) groups excluding carboxylic acids is 1. The van der Waals surface area contributed by atoms with Crippen molar-refractivity contribution in [1.29, 1.82) is 0 Å². The van der Waals surface area contributed by atoms with E-state index in [1.807, 2.05) is 13.8 Å². The summed E-state index contributed by atoms with van der Waals surface area (Å²) >= 11 is 0. The molecule has 0 bridgehead atoms. The number of carbonyl (C=O) groups is 1. The second kappa shape index (κ2) is 24.3. The number of hydrogen-bond acceptors (Lipinski definition) is 5. The summed E-state index contributed by atoms with van der Waals surface area (Å²) in [5, 5.41) is 2.84. The monoisotopic (exact) mass is 377 g/mol. The van der Waals surface area contributed by atoms with Gasteiger partial charge in [0.15, 0.2) is 0 Å². The first-order chi connectivity index (χ1) is 12.7. The topological polar surface area (TPSA) is 66.0 Å². The van der Waals surface area contributed by atoms with Crippen LogP contribution in [0.1, 0.15) is 60.3 Å². The molecule has 0 saturated carbocycles. The van der Waals surface area contributed by atoms with Crippen LogP contribution in [0.2, 0.25) is 0 Å². The first-order valence-electron chi connectivity index (χ1n) is 10.2. The Morgan fingerprint density at radius 2 is 1.31 bits per heavy atom. The maximum absolute atomic E-state index is 11.5. The Labute approximate surface area is 161 Å². The largest absolute Gasteiger partial charge is 0.379 e. The quantitative estimate of drug-likeness (QED) is 0.371. The van der Waals surface area contributed by atoms with Crippen LogP contribution in [-0.2, 0) is 23.7 Å². The van der Waals surface area contributed by atoms with Crippen molar-refractivity contribution >= 4 is 5.91 Å². The van der Waals surface area contributed by atoms with Crippen LogP contribution in [0.3, 0.4) is 0 Å². The molecule has 0 rings (SSSR count). The molecule has 26 heavy (non-hydrogen) atoms. The lowest BCUT2D eigenvalue weighted by Gasteiger charge is -2.08. The highest BCUT2D eigenvalue weighted by Gasteiger charge is 2.01. The lowest BCUT2D eigenvalue weighted by Crippen LogP contribution is -2.29. The average Bonchev–Trinajstić information content (AvgIpc) is 2.64. The Morgan fingerprint density at radius 1 is 0.808 bits per heavy atom. The lowest BCUT2D eigenvalue weighted by atomic mass is 10.1. The van der Waals surface area contributed by atoms with Gasteiger partial charge in [0.25, 0.3) is 0 Å². The molecule has 0 aliphatic heterocycles. The highest BCUT2D eigenvalue weighted by atomic mass is 16.6. The van der Waals surface area contributed by atoms with Crippen LogP contribution in [-0.4, -0.2) is 65.3 Å². The van der Waals surface area contributed by atoms with E-state index < -0.39 is 0 Å². The van der Waals surface area contributed by atoms with E-state index >= 15 is 0 Å². The van der Waals surface area contributed by atoms with Crippen molar-refractivity contribution in [2.45, 2.75) is 60.3 Å². The van der Waals surface area contributed by atoms with Crippen LogP contribution in [0.5, 0.6) is 0 Å². The third-order valence-electron chi connectivity index (χ3n) is 3.27. The Morgan fingerprint density at radius 3 is 1.81 bits per heavy atom. The number of rotatable bonds is 18. The molecule has 0 aliphatic rings. The number of unbranched alkanes of at least 4 members (excludes halogenated alkanes) is 1. The standard InChI is InChI=1S/C18H37NO5.C2H6/c1-4-5-9-21-10-11-22-12-13-23-14-15-24-16-18(20)19-8-6-7-17(2)3;1-2/h17H,4-16H2,1-3H3,(H,19,20);1-2H3. The SMILES string of the molecule is CC.CCCCOCCOCCOCCOCC(=O)NCCCC(C)C. The molecule has 0 aromatic rings. The highest BCUT2D eigenvalue weighted by molar-refractivity contribution is 5.77. The van der Waals surface area contributed by atoms with Crippen LogP contribution >= 0.6 is 0 Å². The predicted octanol–water partition coefficient (Wildman–Crippen LogP) is 3.43. The molecule has 6 nitrogen and oxygen atoms in total. The minimum Gasteiger partial charge on any atom is -0.379 e. The van der Waals surface area contributed by atoms with Gasteiger partial charge in [-0.05, 0) is 25.2 Å². The summed E-state index contributed by atoms with van der Waals surface area (Å²) in [5.41, 5.74) is 0. The van der Waals surface area contributed by atoms with Gasteiger partial charge < -0.3 is 24.3 Å². The van der Waals surface area contributed by atoms with Crippen LogP contribution in [0, 0.1) is 5.92 Å². The summed E-state index contributed by atoms with van der Waals surface area (Å²) in [6.07, 6.45) is 4.38. The zero-order valence-electron chi connectivity index (χ0n) is 17.8. The van der Waals surface area contributed by atoms with Crippen molar-refractivity contribution < 1.29 is 23.7 Å². The zero-order chi connectivity index (χ0) is 19.9. The van der Waals surface area contributed by atoms with Gasteiger partial charge in [-0.3, -0.25) is 4.79 Å². The van der Waals surface area contributed by atoms with Gasteiger partial charge in [0.2, 0.25) is 5.91 Å². The number of nitrogens with one attached hydrogen (secondary N) is 1. The predicted molar refractivity (Wildman–Crippen MR) is 107 cm³/mol. The molecular weight excluding hydrogens is 334 g/mol. The average molecular weight is 378 g/mol. The fourth-order valence-electron chi connectivity index (χ4n) is 1.86. The number of hydrogen-bond donors (Lipinski definition) is 1. The smallest absolute Gasteiger partial charge is 0.245 e. The van der Waals surface area contributed by atoms with Gasteiger partial charge in [-0.25, -0.2) is 0 Å². The molecule has 0 heterocycles. The van der Waals surface area contributed by atoms with Gasteiger partial charge in [-0.2, -0.15) is 0 Å². The van der Waals surface area contributed by atoms with Crippen molar-refractivity contribution in [3.05, 3.63) is 0 Å². The molecule has 0 unspecified atom stereocenters. The first kappa shape index (κ1) is 27.5. The molecule has 6 heteroatoms. The van der Waals surface area contributed by atoms with Crippen molar-refractivity contribution in [2.24, 2.45) is 5.92 Å². The maximum atomic E-state index is 11.5. The van der Waals surface area contributed by atoms with Gasteiger partial charge in [-0.15, -0.1) is 0 Å². The molecular formula is C20H43NO5. The molecule has 0 spiro atoms. The fourth-order valence-corrected chi connectivity index (χ4v) is 1.86. The highest BCUT2D eigenvalue weighted by Crippen LogP contribution is 2.01. The molecule has 1 amide bonds. The van der Waals surface area contributed by atoms with E-state index in [-0.39, 0.29) is 12.5 Å². The second-order valence-electron chi connectivity index (χ2n) is 6.13. The molecule has 0 radical (unpaired) electrons. The summed E-state index contributed by atoms with van der Waals surface area (Å²) in [7, 11) is 0. The Hall–Kier alpha value is -0.690. The summed E-state index contributed by atoms with van der Waals surface area (Å²) in [6, 6.07) is 0. The van der Waals surface area contributed by atoms with Crippen molar-refractivity contribution in [1.82, 2.24) is 5.32 Å². The van der Waals surface area contributed by atoms with Gasteiger partial charge >= 0.3 is 0 Å². The molecule has 1 N–H and O–H groups in total. The second-order valence-corrected chi connectivity index (χ2v) is 6.13. The molecule has 0 atom stereocenters. The molecule has 0 aromatic heterocycles. The zero-order valence-corrected chi connectivity index (χ0v) is 17.8. The third kappa shape index (κ3) is 25.5. The van der Waals surface area contributed by atoms with Crippen molar-refractivity contribution in [2.75, 3.05) is 59.4 Å². The van der Waals surface area contributed by atoms with Crippen molar-refractivity contribution in [3.8, 4) is 0 Å². The van der Waals surface area contributed by atoms with E-state index in [4.69, 9.17) is 18.9 Å². The normalized spacial score (nSPS) is 10.5. The summed E-state index contributed by atoms with van der Waals surface area (Å²) in [6.45, 7) is 15.3. The van der Waals surface area contributed by atoms with Crippen LogP contribution in [0.15, 0.2) is 0 Å². The minimum absolute atomic E-state index is 0.0647. The maximum Gasteiger partial charge on any atom is 0.245 e. The van der Waals surface area contributed by atoms with E-state index in [9.17, 15) is 4.79 Å². The van der Waals surface area contributed by atoms with Crippen LogP contribution < -0.4 is 5.32 Å². The summed E-state index contributed by atoms with van der Waals surface area (Å²) in [5.74, 6) is 0.609. The Kier molecular flexibility index (Phi) is 25.7. The fraction of sp³-hybridized carbons (Fsp3) is 0.950. The molecule has 0 aliphatic carbocycles. The van der Waals surface area contributed by atoms with E-state index in [0.717, 1.165) is 38.8 Å². The number of ether oxygens (including phenoxy) is 4. The van der Waals surface area contributed by atoms with Gasteiger partial charge in [0, 0.05) is 13.2 Å². The van der Waals surface area contributed by atoms with E-state index in [1.54, 1.807) is 0 Å². The molecule has 0 aromatic carbocycles. The van der Waals surface area contributed by atoms with Crippen molar-refractivity contribution in [3.63, 3.8) is 0 Å². The van der Waals surface area contributed by atoms with Gasteiger partial charge in [0.05, 0.1) is 39.6 Å². The number of amides is 1. The van der Waals surface area contributed by atoms with Gasteiger partial charge in [0.1, 0.15) is 6.61 Å². The molecule has 158 valence electrons. The minimum atomic E-state index is -0.0647. The van der Waals surface area contributed by atoms with Crippen LogP contribution in [0.25, 0.3) is 0 Å². The summed E-state index contributed by atoms with van der Waals surface area (Å²) in [4.78, 5) is 11.5. The summed E-state index contributed by atoms with van der Waals surface area (Å²) < 4.78 is 21.4. The van der Waals surface area contributed by atoms with Gasteiger partial charge in [-0.1, -0.05) is 41.0 Å². The van der Waals surface area contributed by atoms with E-state index in [0.29, 0.717) is 45.6 Å².